The Morgan fingerprint density at radius 2 is 1.72 bits per heavy atom. The van der Waals surface area contributed by atoms with E-state index in [4.69, 9.17) is 0 Å². The number of carbonyl (C=O) groups excluding carboxylic acids is 1. The fraction of sp³-hybridized carbons (Fsp3) is 0.200. The van der Waals surface area contributed by atoms with Crippen LogP contribution in [0.25, 0.3) is 28.2 Å². The number of benzene rings is 2. The zero-order chi connectivity index (χ0) is 22.1. The second-order valence-electron chi connectivity index (χ2n) is 7.97. The van der Waals surface area contributed by atoms with Gasteiger partial charge in [-0.05, 0) is 25.2 Å². The summed E-state index contributed by atoms with van der Waals surface area (Å²) in [6, 6.07) is 17.3. The Labute approximate surface area is 186 Å². The second-order valence-corrected chi connectivity index (χ2v) is 7.97. The monoisotopic (exact) mass is 422 g/mol. The maximum Gasteiger partial charge on any atom is 0.253 e. The van der Waals surface area contributed by atoms with Crippen molar-refractivity contribution in [1.29, 1.82) is 5.26 Å². The molecular weight excluding hydrogens is 400 g/mol. The van der Waals surface area contributed by atoms with E-state index in [1.807, 2.05) is 58.0 Å². The molecule has 5 rings (SSSR count). The first-order valence-corrected chi connectivity index (χ1v) is 10.5. The van der Waals surface area contributed by atoms with Crippen LogP contribution in [0, 0.1) is 11.3 Å². The highest BCUT2D eigenvalue weighted by Gasteiger charge is 2.20. The number of aromatic nitrogens is 3. The first kappa shape index (κ1) is 19.9. The molecule has 1 fully saturated rings. The Bertz CT molecular complexity index is 1330. The van der Waals surface area contributed by atoms with Crippen molar-refractivity contribution in [3.05, 3.63) is 78.2 Å². The van der Waals surface area contributed by atoms with E-state index in [-0.39, 0.29) is 5.91 Å². The van der Waals surface area contributed by atoms with Crippen LogP contribution in [-0.4, -0.2) is 63.3 Å². The maximum atomic E-state index is 12.8. The molecule has 0 radical (unpaired) electrons. The van der Waals surface area contributed by atoms with Gasteiger partial charge in [-0.25, -0.2) is 4.98 Å². The number of amides is 1. The molecule has 32 heavy (non-hydrogen) atoms. The standard InChI is InChI=1S/C25H22N6O/c1-29-10-12-30(13-11-29)25(32)19-8-6-18(7-9-19)22-17-31-23(15-28-24(31)16-27-22)21-5-3-2-4-20(21)14-26/h2-9,15-17H,10-13H2,1H3. The molecule has 0 bridgehead atoms. The summed E-state index contributed by atoms with van der Waals surface area (Å²) in [6.45, 7) is 3.30. The fourth-order valence-corrected chi connectivity index (χ4v) is 4.02. The van der Waals surface area contributed by atoms with Crippen molar-refractivity contribution in [3.8, 4) is 28.6 Å². The van der Waals surface area contributed by atoms with Gasteiger partial charge >= 0.3 is 0 Å². The number of rotatable bonds is 3. The van der Waals surface area contributed by atoms with Crippen molar-refractivity contribution in [2.24, 2.45) is 0 Å². The number of carbonyl (C=O) groups is 1. The van der Waals surface area contributed by atoms with Gasteiger partial charge in [0.15, 0.2) is 5.65 Å². The molecule has 4 aromatic rings. The molecule has 1 saturated heterocycles. The summed E-state index contributed by atoms with van der Waals surface area (Å²) in [5.74, 6) is 0.0677. The van der Waals surface area contributed by atoms with Crippen LogP contribution in [-0.2, 0) is 0 Å². The number of fused-ring (bicyclic) bond motifs is 1. The third kappa shape index (κ3) is 3.61. The zero-order valence-corrected chi connectivity index (χ0v) is 17.8. The van der Waals surface area contributed by atoms with Crippen LogP contribution in [0.4, 0.5) is 0 Å². The minimum atomic E-state index is 0.0677. The highest BCUT2D eigenvalue weighted by Crippen LogP contribution is 2.26. The van der Waals surface area contributed by atoms with E-state index in [0.29, 0.717) is 16.8 Å². The smallest absolute Gasteiger partial charge is 0.253 e. The molecule has 0 N–H and O–H groups in total. The first-order valence-electron chi connectivity index (χ1n) is 10.5. The Morgan fingerprint density at radius 3 is 2.47 bits per heavy atom. The zero-order valence-electron chi connectivity index (χ0n) is 17.8. The maximum absolute atomic E-state index is 12.8. The van der Waals surface area contributed by atoms with Crippen LogP contribution in [0.5, 0.6) is 0 Å². The number of nitriles is 1. The Morgan fingerprint density at radius 1 is 0.969 bits per heavy atom. The lowest BCUT2D eigenvalue weighted by molar-refractivity contribution is 0.0664. The van der Waals surface area contributed by atoms with E-state index >= 15 is 0 Å². The number of likely N-dealkylation sites (N-methyl/N-ethyl adjacent to an activating group) is 1. The Balaban J connectivity index is 1.45. The lowest BCUT2D eigenvalue weighted by Crippen LogP contribution is -2.47. The molecule has 7 nitrogen and oxygen atoms in total. The van der Waals surface area contributed by atoms with Crippen molar-refractivity contribution in [2.45, 2.75) is 0 Å². The quantitative estimate of drug-likeness (QED) is 0.506. The van der Waals surface area contributed by atoms with Gasteiger partial charge in [-0.1, -0.05) is 30.3 Å². The van der Waals surface area contributed by atoms with E-state index in [0.717, 1.165) is 48.7 Å². The minimum absolute atomic E-state index is 0.0677. The van der Waals surface area contributed by atoms with Gasteiger partial charge in [0.1, 0.15) is 0 Å². The molecule has 0 spiro atoms. The van der Waals surface area contributed by atoms with Gasteiger partial charge in [0.25, 0.3) is 5.91 Å². The Kier molecular flexibility index (Phi) is 5.13. The number of hydrogen-bond acceptors (Lipinski definition) is 5. The molecule has 1 amide bonds. The van der Waals surface area contributed by atoms with Crippen LogP contribution >= 0.6 is 0 Å². The lowest BCUT2D eigenvalue weighted by Gasteiger charge is -2.32. The number of imidazole rings is 1. The average Bonchev–Trinajstić information content (AvgIpc) is 3.27. The fourth-order valence-electron chi connectivity index (χ4n) is 4.02. The SMILES string of the molecule is CN1CCN(C(=O)c2ccc(-c3cn4c(-c5ccccc5C#N)cnc4cn3)cc2)CC1. The largest absolute Gasteiger partial charge is 0.336 e. The average molecular weight is 422 g/mol. The van der Waals surface area contributed by atoms with E-state index in [1.54, 1.807) is 18.5 Å². The van der Waals surface area contributed by atoms with E-state index in [9.17, 15) is 10.1 Å². The van der Waals surface area contributed by atoms with Gasteiger partial charge in [-0.15, -0.1) is 0 Å². The van der Waals surface area contributed by atoms with Crippen molar-refractivity contribution >= 4 is 11.6 Å². The molecule has 2 aromatic heterocycles. The van der Waals surface area contributed by atoms with Gasteiger partial charge in [-0.2, -0.15) is 5.26 Å². The molecule has 2 aromatic carbocycles. The van der Waals surface area contributed by atoms with Gasteiger partial charge in [-0.3, -0.25) is 14.2 Å². The first-order chi connectivity index (χ1) is 15.6. The van der Waals surface area contributed by atoms with Crippen LogP contribution in [0.1, 0.15) is 15.9 Å². The minimum Gasteiger partial charge on any atom is -0.336 e. The third-order valence-corrected chi connectivity index (χ3v) is 5.94. The lowest BCUT2D eigenvalue weighted by atomic mass is 10.1. The molecule has 7 heteroatoms. The summed E-state index contributed by atoms with van der Waals surface area (Å²) in [5.41, 5.74) is 5.33. The van der Waals surface area contributed by atoms with Crippen molar-refractivity contribution < 1.29 is 4.79 Å². The number of hydrogen-bond donors (Lipinski definition) is 0. The molecular formula is C25H22N6O. The summed E-state index contributed by atoms with van der Waals surface area (Å²) in [6.07, 6.45) is 5.40. The van der Waals surface area contributed by atoms with Gasteiger partial charge < -0.3 is 9.80 Å². The highest BCUT2D eigenvalue weighted by atomic mass is 16.2. The molecule has 1 aliphatic rings. The number of nitrogens with zero attached hydrogens (tertiary/aromatic N) is 6. The van der Waals surface area contributed by atoms with Gasteiger partial charge in [0.05, 0.1) is 35.4 Å². The van der Waals surface area contributed by atoms with Crippen molar-refractivity contribution in [3.63, 3.8) is 0 Å². The van der Waals surface area contributed by atoms with Crippen molar-refractivity contribution in [2.75, 3.05) is 33.2 Å². The van der Waals surface area contributed by atoms with Crippen molar-refractivity contribution in [1.82, 2.24) is 24.2 Å². The molecule has 1 aliphatic heterocycles. The van der Waals surface area contributed by atoms with Crippen LogP contribution in [0.2, 0.25) is 0 Å². The summed E-state index contributed by atoms with van der Waals surface area (Å²) in [4.78, 5) is 25.9. The van der Waals surface area contributed by atoms with Crippen LogP contribution in [0.3, 0.4) is 0 Å². The third-order valence-electron chi connectivity index (χ3n) is 5.94. The predicted octanol–water partition coefficient (Wildman–Crippen LogP) is 3.32. The summed E-state index contributed by atoms with van der Waals surface area (Å²) in [7, 11) is 2.07. The molecule has 0 unspecified atom stereocenters. The Hall–Kier alpha value is -4.02. The normalized spacial score (nSPS) is 14.4. The molecule has 3 heterocycles. The highest BCUT2D eigenvalue weighted by molar-refractivity contribution is 5.94. The molecule has 158 valence electrons. The molecule has 0 atom stereocenters. The second kappa shape index (κ2) is 8.25. The van der Waals surface area contributed by atoms with E-state index in [2.05, 4.69) is 28.0 Å². The topological polar surface area (TPSA) is 77.5 Å². The predicted molar refractivity (Wildman–Crippen MR) is 122 cm³/mol. The van der Waals surface area contributed by atoms with Gasteiger partial charge in [0, 0.05) is 49.1 Å². The van der Waals surface area contributed by atoms with E-state index in [1.165, 1.54) is 0 Å². The summed E-state index contributed by atoms with van der Waals surface area (Å²) < 4.78 is 1.95. The number of piperazine rings is 1. The summed E-state index contributed by atoms with van der Waals surface area (Å²) >= 11 is 0. The van der Waals surface area contributed by atoms with Crippen LogP contribution < -0.4 is 0 Å². The summed E-state index contributed by atoms with van der Waals surface area (Å²) in [5, 5.41) is 9.47. The van der Waals surface area contributed by atoms with E-state index < -0.39 is 0 Å². The molecule has 0 saturated carbocycles. The molecule has 0 aliphatic carbocycles. The van der Waals surface area contributed by atoms with Gasteiger partial charge in [0.2, 0.25) is 0 Å². The van der Waals surface area contributed by atoms with Crippen LogP contribution in [0.15, 0.2) is 67.1 Å².